The number of rotatable bonds is 9. The number of carbonyl (C=O) groups excluding carboxylic acids is 1. The lowest BCUT2D eigenvalue weighted by molar-refractivity contribution is -0.126. The lowest BCUT2D eigenvalue weighted by atomic mass is 10.0. The first kappa shape index (κ1) is 29.3. The summed E-state index contributed by atoms with van der Waals surface area (Å²) in [5.41, 5.74) is 2.79. The van der Waals surface area contributed by atoms with Crippen LogP contribution in [0.4, 0.5) is 26.0 Å². The zero-order chi connectivity index (χ0) is 30.6. The Kier molecular flexibility index (Phi) is 8.56. The van der Waals surface area contributed by atoms with E-state index < -0.39 is 11.6 Å². The van der Waals surface area contributed by atoms with Gasteiger partial charge in [0.2, 0.25) is 5.91 Å². The molecule has 4 aromatic rings. The predicted octanol–water partition coefficient (Wildman–Crippen LogP) is 6.08. The van der Waals surface area contributed by atoms with E-state index in [-0.39, 0.29) is 23.6 Å². The Morgan fingerprint density at radius 2 is 1.89 bits per heavy atom. The number of anilines is 3. The zero-order valence-corrected chi connectivity index (χ0v) is 24.3. The monoisotopic (exact) mass is 601 g/mol. The quantitative estimate of drug-likeness (QED) is 0.223. The second-order valence-corrected chi connectivity index (χ2v) is 10.8. The van der Waals surface area contributed by atoms with E-state index in [1.54, 1.807) is 30.2 Å². The molecule has 6 rings (SSSR count). The van der Waals surface area contributed by atoms with Gasteiger partial charge in [0.1, 0.15) is 41.4 Å². The molecule has 44 heavy (non-hydrogen) atoms. The third-order valence-corrected chi connectivity index (χ3v) is 7.95. The Hall–Kier alpha value is -4.77. The Balaban J connectivity index is 1.34. The molecule has 0 spiro atoms. The number of nitrogens with zero attached hydrogens (tertiary/aromatic N) is 3. The average molecular weight is 602 g/mol. The van der Waals surface area contributed by atoms with Crippen LogP contribution in [0.1, 0.15) is 19.3 Å². The van der Waals surface area contributed by atoms with E-state index >= 15 is 0 Å². The number of hydrogen-bond acceptors (Lipinski definition) is 8. The molecule has 1 amide bonds. The van der Waals surface area contributed by atoms with Gasteiger partial charge in [0.25, 0.3) is 0 Å². The molecule has 11 heteroatoms. The number of ether oxygens (including phenoxy) is 3. The molecule has 0 radical (unpaired) electrons. The summed E-state index contributed by atoms with van der Waals surface area (Å²) in [5, 5.41) is 7.71. The van der Waals surface area contributed by atoms with Crippen molar-refractivity contribution in [3.8, 4) is 22.6 Å². The van der Waals surface area contributed by atoms with E-state index in [0.717, 1.165) is 36.4 Å². The third-order valence-electron chi connectivity index (χ3n) is 7.95. The first-order valence-corrected chi connectivity index (χ1v) is 14.5. The highest BCUT2D eigenvalue weighted by Gasteiger charge is 2.25. The molecule has 0 aliphatic carbocycles. The maximum Gasteiger partial charge on any atom is 0.245 e. The van der Waals surface area contributed by atoms with Crippen molar-refractivity contribution in [2.45, 2.75) is 31.4 Å². The second-order valence-electron chi connectivity index (χ2n) is 10.8. The smallest absolute Gasteiger partial charge is 0.245 e. The molecule has 2 saturated heterocycles. The van der Waals surface area contributed by atoms with Crippen molar-refractivity contribution >= 4 is 34.0 Å². The van der Waals surface area contributed by atoms with Crippen LogP contribution in [-0.2, 0) is 9.53 Å². The fourth-order valence-corrected chi connectivity index (χ4v) is 5.60. The van der Waals surface area contributed by atoms with Gasteiger partial charge in [0, 0.05) is 48.6 Å². The van der Waals surface area contributed by atoms with E-state index in [1.807, 2.05) is 12.1 Å². The van der Waals surface area contributed by atoms with Crippen molar-refractivity contribution in [3.05, 3.63) is 79.1 Å². The van der Waals surface area contributed by atoms with Crippen LogP contribution in [0.15, 0.2) is 67.5 Å². The first-order valence-electron chi connectivity index (χ1n) is 14.5. The Bertz CT molecular complexity index is 1690. The normalized spacial score (nSPS) is 17.0. The largest absolute Gasteiger partial charge is 0.495 e. The van der Waals surface area contributed by atoms with E-state index in [1.165, 1.54) is 24.5 Å². The number of fused-ring (bicyclic) bond motifs is 1. The molecule has 1 unspecified atom stereocenters. The van der Waals surface area contributed by atoms with Crippen molar-refractivity contribution < 1.29 is 27.8 Å². The topological polar surface area (TPSA) is 97.8 Å². The number of hydrogen-bond donors (Lipinski definition) is 2. The summed E-state index contributed by atoms with van der Waals surface area (Å²) in [6.07, 6.45) is 5.07. The van der Waals surface area contributed by atoms with Crippen molar-refractivity contribution in [3.63, 3.8) is 0 Å². The summed E-state index contributed by atoms with van der Waals surface area (Å²) in [5.74, 6) is 0.319. The van der Waals surface area contributed by atoms with Crippen LogP contribution in [0.5, 0.6) is 11.5 Å². The van der Waals surface area contributed by atoms with Crippen LogP contribution < -0.4 is 20.1 Å². The summed E-state index contributed by atoms with van der Waals surface area (Å²) in [6.45, 7) is 6.02. The van der Waals surface area contributed by atoms with Crippen LogP contribution in [0.3, 0.4) is 0 Å². The van der Waals surface area contributed by atoms with Gasteiger partial charge in [-0.1, -0.05) is 12.6 Å². The number of amides is 1. The van der Waals surface area contributed by atoms with E-state index in [2.05, 4.69) is 27.2 Å². The molecule has 3 aromatic carbocycles. The number of benzene rings is 3. The van der Waals surface area contributed by atoms with Crippen LogP contribution in [-0.4, -0.2) is 66.3 Å². The maximum atomic E-state index is 14.6. The summed E-state index contributed by atoms with van der Waals surface area (Å²) < 4.78 is 45.7. The summed E-state index contributed by atoms with van der Waals surface area (Å²) in [7, 11) is 1.54. The van der Waals surface area contributed by atoms with Gasteiger partial charge in [-0.25, -0.2) is 18.7 Å². The lowest BCUT2D eigenvalue weighted by Crippen LogP contribution is -2.41. The minimum Gasteiger partial charge on any atom is -0.495 e. The molecule has 2 fully saturated rings. The Labute approximate surface area is 253 Å². The molecule has 1 atom stereocenters. The van der Waals surface area contributed by atoms with Crippen molar-refractivity contribution in [2.24, 2.45) is 0 Å². The van der Waals surface area contributed by atoms with Gasteiger partial charge in [-0.05, 0) is 54.8 Å². The highest BCUT2D eigenvalue weighted by atomic mass is 19.1. The Morgan fingerprint density at radius 1 is 1.05 bits per heavy atom. The van der Waals surface area contributed by atoms with Crippen molar-refractivity contribution in [2.75, 3.05) is 44.0 Å². The molecular formula is C33H33F2N5O4. The number of carbonyl (C=O) groups is 1. The minimum atomic E-state index is -0.663. The molecule has 1 aromatic heterocycles. The Morgan fingerprint density at radius 3 is 2.61 bits per heavy atom. The van der Waals surface area contributed by atoms with Crippen molar-refractivity contribution in [1.29, 1.82) is 0 Å². The van der Waals surface area contributed by atoms with Gasteiger partial charge in [0.15, 0.2) is 0 Å². The van der Waals surface area contributed by atoms with Crippen LogP contribution in [0.2, 0.25) is 0 Å². The number of methoxy groups -OCH3 is 1. The van der Waals surface area contributed by atoms with Gasteiger partial charge in [-0.3, -0.25) is 4.79 Å². The van der Waals surface area contributed by atoms with Gasteiger partial charge in [0.05, 0.1) is 37.2 Å². The number of aromatic nitrogens is 2. The zero-order valence-electron chi connectivity index (χ0n) is 24.3. The predicted molar refractivity (Wildman–Crippen MR) is 164 cm³/mol. The maximum absolute atomic E-state index is 14.6. The van der Waals surface area contributed by atoms with Crippen LogP contribution in [0.25, 0.3) is 22.0 Å². The number of nitrogens with one attached hydrogen (secondary N) is 2. The van der Waals surface area contributed by atoms with Crippen LogP contribution in [0, 0.1) is 11.6 Å². The first-order chi connectivity index (χ1) is 21.4. The van der Waals surface area contributed by atoms with E-state index in [9.17, 15) is 13.6 Å². The summed E-state index contributed by atoms with van der Waals surface area (Å²) >= 11 is 0. The molecule has 0 saturated carbocycles. The molecule has 2 N–H and O–H groups in total. The molecule has 9 nitrogen and oxygen atoms in total. The average Bonchev–Trinajstić information content (AvgIpc) is 3.55. The highest BCUT2D eigenvalue weighted by molar-refractivity contribution is 5.95. The molecule has 0 bridgehead atoms. The SMILES string of the molecule is C=CC(=O)N1CCC(Nc2cc3c(Nc4cc(-c5ccc(F)cc5F)ccc4OC)ncnc3cc2OC2CCOC2)CC1. The molecule has 3 heterocycles. The summed E-state index contributed by atoms with van der Waals surface area (Å²) in [6, 6.07) is 12.6. The van der Waals surface area contributed by atoms with E-state index in [0.29, 0.717) is 60.4 Å². The number of halogens is 2. The molecule has 2 aliphatic heterocycles. The molecule has 2 aliphatic rings. The van der Waals surface area contributed by atoms with Gasteiger partial charge >= 0.3 is 0 Å². The molecular weight excluding hydrogens is 568 g/mol. The van der Waals surface area contributed by atoms with E-state index in [4.69, 9.17) is 14.2 Å². The summed E-state index contributed by atoms with van der Waals surface area (Å²) in [4.78, 5) is 22.9. The lowest BCUT2D eigenvalue weighted by Gasteiger charge is -2.32. The fraction of sp³-hybridized carbons (Fsp3) is 0.303. The minimum absolute atomic E-state index is 0.0612. The number of piperidine rings is 1. The standard InChI is InChI=1S/C33H33F2N5O4/c1-3-32(41)40-11-8-22(9-12-40)38-29-16-25-27(17-31(29)44-23-10-13-43-18-23)36-19-37-33(25)39-28-14-20(4-7-30(28)42-2)24-6-5-21(34)15-26(24)35/h3-7,14-17,19,22-23,38H,1,8-13,18H2,2H3,(H,36,37,39). The number of likely N-dealkylation sites (tertiary alicyclic amines) is 1. The second kappa shape index (κ2) is 12.8. The van der Waals surface area contributed by atoms with Gasteiger partial charge < -0.3 is 29.7 Å². The molecule has 228 valence electrons. The van der Waals surface area contributed by atoms with Gasteiger partial charge in [-0.15, -0.1) is 0 Å². The van der Waals surface area contributed by atoms with Gasteiger partial charge in [-0.2, -0.15) is 0 Å². The van der Waals surface area contributed by atoms with Crippen LogP contribution >= 0.6 is 0 Å². The van der Waals surface area contributed by atoms with Crippen molar-refractivity contribution in [1.82, 2.24) is 14.9 Å². The fourth-order valence-electron chi connectivity index (χ4n) is 5.60. The third kappa shape index (κ3) is 6.28. The highest BCUT2D eigenvalue weighted by Crippen LogP contribution is 2.38.